The second kappa shape index (κ2) is 13.6. The van der Waals surface area contributed by atoms with Crippen LogP contribution in [0.4, 0.5) is 4.79 Å². The molecule has 2 unspecified atom stereocenters. The number of nitrogens with zero attached hydrogens (tertiary/aromatic N) is 3. The minimum atomic E-state index is -1.06. The number of carboxylic acids is 1. The monoisotopic (exact) mass is 513 g/mol. The van der Waals surface area contributed by atoms with E-state index in [0.29, 0.717) is 5.56 Å². The van der Waals surface area contributed by atoms with E-state index in [2.05, 4.69) is 31.1 Å². The molecular weight excluding hydrogens is 490 g/mol. The quantitative estimate of drug-likeness (QED) is 0.181. The lowest BCUT2D eigenvalue weighted by Gasteiger charge is -2.15. The highest BCUT2D eigenvalue weighted by atomic mass is 16.7. The summed E-state index contributed by atoms with van der Waals surface area (Å²) in [6.45, 7) is 0.0416. The van der Waals surface area contributed by atoms with Crippen molar-refractivity contribution in [3.05, 3.63) is 80.3 Å². The molecule has 0 aliphatic carbocycles. The molecule has 37 heavy (non-hydrogen) atoms. The first-order valence-electron chi connectivity index (χ1n) is 10.8. The van der Waals surface area contributed by atoms with Crippen molar-refractivity contribution in [2.24, 2.45) is 21.4 Å². The molecule has 15 heteroatoms. The Balaban J connectivity index is 1.54. The average molecular weight is 513 g/mol. The molecule has 1 aliphatic heterocycles. The zero-order valence-electron chi connectivity index (χ0n) is 19.2. The molecule has 1 aliphatic rings. The van der Waals surface area contributed by atoms with Gasteiger partial charge >= 0.3 is 17.7 Å². The predicted octanol–water partition coefficient (Wildman–Crippen LogP) is -0.0237. The fourth-order valence-corrected chi connectivity index (χ4v) is 2.76. The topological polar surface area (TPSA) is 209 Å². The van der Waals surface area contributed by atoms with E-state index in [9.17, 15) is 19.2 Å². The number of carboxylic acid groups (broad SMARTS) is 1. The standard InChI is InChI=1S/C22H23N7O8/c30-19-7-18(28-22(34)29-19)10-26-37-13-15(12-36-25-9-17-4-5-23-21(33)27-17)11-35-24-8-14-2-1-3-16(6-14)20(31)32/h1-10,15,17H,11-13H2,(H,31,32)(H2,23,27,33)(H2,28,29,30,34)/b24-8+,25-9+,26-10+. The summed E-state index contributed by atoms with van der Waals surface area (Å²) in [5.74, 6) is -1.48. The Kier molecular flexibility index (Phi) is 9.72. The Morgan fingerprint density at radius 1 is 1.00 bits per heavy atom. The van der Waals surface area contributed by atoms with E-state index in [1.807, 2.05) is 4.98 Å². The zero-order chi connectivity index (χ0) is 26.5. The van der Waals surface area contributed by atoms with Crippen molar-refractivity contribution >= 4 is 30.6 Å². The van der Waals surface area contributed by atoms with Crippen molar-refractivity contribution in [3.8, 4) is 0 Å². The van der Waals surface area contributed by atoms with E-state index in [1.54, 1.807) is 18.2 Å². The lowest BCUT2D eigenvalue weighted by molar-refractivity contribution is -0.00131. The maximum atomic E-state index is 11.3. The number of aromatic nitrogens is 2. The average Bonchev–Trinajstić information content (AvgIpc) is 2.86. The van der Waals surface area contributed by atoms with Gasteiger partial charge in [-0.25, -0.2) is 14.4 Å². The van der Waals surface area contributed by atoms with Crippen LogP contribution < -0.4 is 21.9 Å². The van der Waals surface area contributed by atoms with Gasteiger partial charge in [-0.2, -0.15) is 0 Å². The first kappa shape index (κ1) is 26.4. The Hall–Kier alpha value is -5.21. The molecule has 0 radical (unpaired) electrons. The molecule has 0 bridgehead atoms. The summed E-state index contributed by atoms with van der Waals surface area (Å²) in [5, 5.41) is 25.5. The van der Waals surface area contributed by atoms with Gasteiger partial charge in [0.1, 0.15) is 19.8 Å². The van der Waals surface area contributed by atoms with Crippen molar-refractivity contribution in [1.82, 2.24) is 20.6 Å². The van der Waals surface area contributed by atoms with Crippen LogP contribution in [-0.4, -0.2) is 71.6 Å². The van der Waals surface area contributed by atoms with E-state index in [-0.39, 0.29) is 37.1 Å². The Morgan fingerprint density at radius 3 is 2.43 bits per heavy atom. The number of aromatic carboxylic acids is 1. The number of carbonyl (C=O) groups excluding carboxylic acids is 1. The number of oxime groups is 3. The molecule has 1 aromatic carbocycles. The largest absolute Gasteiger partial charge is 0.478 e. The molecule has 0 saturated heterocycles. The van der Waals surface area contributed by atoms with Crippen LogP contribution >= 0.6 is 0 Å². The second-order valence-electron chi connectivity index (χ2n) is 7.45. The molecule has 0 spiro atoms. The summed E-state index contributed by atoms with van der Waals surface area (Å²) in [6, 6.07) is 6.47. The number of carbonyl (C=O) groups is 2. The fourth-order valence-electron chi connectivity index (χ4n) is 2.76. The zero-order valence-corrected chi connectivity index (χ0v) is 19.2. The predicted molar refractivity (Wildman–Crippen MR) is 131 cm³/mol. The number of H-pyrrole nitrogens is 2. The van der Waals surface area contributed by atoms with Gasteiger partial charge in [-0.3, -0.25) is 9.78 Å². The lowest BCUT2D eigenvalue weighted by atomic mass is 10.1. The number of urea groups is 1. The molecule has 0 saturated carbocycles. The summed E-state index contributed by atoms with van der Waals surface area (Å²) in [6.07, 6.45) is 7.06. The summed E-state index contributed by atoms with van der Waals surface area (Å²) < 4.78 is 0. The summed E-state index contributed by atoms with van der Waals surface area (Å²) in [7, 11) is 0. The van der Waals surface area contributed by atoms with Gasteiger partial charge in [-0.05, 0) is 23.8 Å². The van der Waals surface area contributed by atoms with E-state index in [1.165, 1.54) is 30.8 Å². The number of benzene rings is 1. The summed E-state index contributed by atoms with van der Waals surface area (Å²) >= 11 is 0. The number of hydrogen-bond donors (Lipinski definition) is 5. The van der Waals surface area contributed by atoms with Gasteiger partial charge in [0.2, 0.25) is 0 Å². The molecular formula is C22H23N7O8. The fraction of sp³-hybridized carbons (Fsp3) is 0.227. The van der Waals surface area contributed by atoms with Gasteiger partial charge in [0, 0.05) is 12.3 Å². The first-order chi connectivity index (χ1) is 17.9. The number of aromatic amines is 2. The van der Waals surface area contributed by atoms with Crippen molar-refractivity contribution in [1.29, 1.82) is 0 Å². The molecule has 0 fully saturated rings. The smallest absolute Gasteiger partial charge is 0.335 e. The van der Waals surface area contributed by atoms with Crippen LogP contribution in [0.3, 0.4) is 0 Å². The second-order valence-corrected chi connectivity index (χ2v) is 7.45. The van der Waals surface area contributed by atoms with Crippen LogP contribution in [-0.2, 0) is 14.5 Å². The first-order valence-corrected chi connectivity index (χ1v) is 10.8. The highest BCUT2D eigenvalue weighted by molar-refractivity contribution is 5.90. The SMILES string of the molecule is O=C1NC=CC(/C=N/OCC(CO/N=C/c2cccc(C(=O)O)c2)CO/N=C/c2cc(=O)[nH]c(=O)[nH]2)N1. The van der Waals surface area contributed by atoms with Crippen LogP contribution in [0.15, 0.2) is 67.7 Å². The minimum absolute atomic E-state index is 0.00650. The maximum Gasteiger partial charge on any atom is 0.335 e. The third-order valence-electron chi connectivity index (χ3n) is 4.50. The summed E-state index contributed by atoms with van der Waals surface area (Å²) in [5.41, 5.74) is -0.483. The van der Waals surface area contributed by atoms with Crippen LogP contribution in [0.5, 0.6) is 0 Å². The molecule has 2 heterocycles. The number of nitrogens with one attached hydrogen (secondary N) is 4. The van der Waals surface area contributed by atoms with Crippen LogP contribution in [0.1, 0.15) is 21.6 Å². The molecule has 2 atom stereocenters. The van der Waals surface area contributed by atoms with Gasteiger partial charge < -0.3 is 35.2 Å². The molecule has 2 aromatic rings. The van der Waals surface area contributed by atoms with Gasteiger partial charge in [-0.1, -0.05) is 27.6 Å². The van der Waals surface area contributed by atoms with E-state index in [4.69, 9.17) is 19.6 Å². The molecule has 5 N–H and O–H groups in total. The minimum Gasteiger partial charge on any atom is -0.478 e. The molecule has 3 rings (SSSR count). The third-order valence-corrected chi connectivity index (χ3v) is 4.50. The van der Waals surface area contributed by atoms with E-state index >= 15 is 0 Å². The highest BCUT2D eigenvalue weighted by Crippen LogP contribution is 2.05. The van der Waals surface area contributed by atoms with Crippen molar-refractivity contribution in [2.45, 2.75) is 6.04 Å². The van der Waals surface area contributed by atoms with Crippen molar-refractivity contribution < 1.29 is 29.2 Å². The van der Waals surface area contributed by atoms with E-state index < -0.39 is 29.2 Å². The number of rotatable bonds is 13. The van der Waals surface area contributed by atoms with E-state index in [0.717, 1.165) is 12.3 Å². The van der Waals surface area contributed by atoms with Crippen LogP contribution in [0, 0.1) is 5.92 Å². The lowest BCUT2D eigenvalue weighted by Crippen LogP contribution is -2.43. The Labute approximate surface area is 208 Å². The highest BCUT2D eigenvalue weighted by Gasteiger charge is 2.13. The van der Waals surface area contributed by atoms with Crippen molar-refractivity contribution in [3.63, 3.8) is 0 Å². The molecule has 1 aromatic heterocycles. The van der Waals surface area contributed by atoms with Gasteiger partial charge in [0.15, 0.2) is 0 Å². The van der Waals surface area contributed by atoms with Gasteiger partial charge in [-0.15, -0.1) is 0 Å². The molecule has 194 valence electrons. The van der Waals surface area contributed by atoms with Crippen molar-refractivity contribution in [2.75, 3.05) is 19.8 Å². The molecule has 2 amide bonds. The Morgan fingerprint density at radius 2 is 1.73 bits per heavy atom. The van der Waals surface area contributed by atoms with Crippen LogP contribution in [0.25, 0.3) is 0 Å². The number of hydrogen-bond acceptors (Lipinski definition) is 10. The van der Waals surface area contributed by atoms with Gasteiger partial charge in [0.05, 0.1) is 41.9 Å². The summed E-state index contributed by atoms with van der Waals surface area (Å²) in [4.78, 5) is 65.2. The third kappa shape index (κ3) is 9.51. The van der Waals surface area contributed by atoms with Crippen LogP contribution in [0.2, 0.25) is 0 Å². The molecule has 15 nitrogen and oxygen atoms in total. The normalized spacial score (nSPS) is 16.0. The maximum absolute atomic E-state index is 11.3. The number of amides is 2. The van der Waals surface area contributed by atoms with Gasteiger partial charge in [0.25, 0.3) is 5.56 Å². The Bertz CT molecular complexity index is 1290.